The third kappa shape index (κ3) is 5.48. The molecule has 0 bridgehead atoms. The summed E-state index contributed by atoms with van der Waals surface area (Å²) in [5, 5.41) is 2.70. The molecule has 0 saturated heterocycles. The van der Waals surface area contributed by atoms with Crippen molar-refractivity contribution in [2.24, 2.45) is 0 Å². The van der Waals surface area contributed by atoms with Crippen molar-refractivity contribution >= 4 is 6.09 Å². The summed E-state index contributed by atoms with van der Waals surface area (Å²) in [6.07, 6.45) is 1.56. The number of rotatable bonds is 7. The minimum Gasteiger partial charge on any atom is -0.489 e. The second kappa shape index (κ2) is 8.72. The van der Waals surface area contributed by atoms with Gasteiger partial charge in [0.15, 0.2) is 0 Å². The van der Waals surface area contributed by atoms with Crippen LogP contribution in [0.5, 0.6) is 11.5 Å². The smallest absolute Gasteiger partial charge is 0.412 e. The van der Waals surface area contributed by atoms with E-state index in [1.54, 1.807) is 24.3 Å². The quantitative estimate of drug-likeness (QED) is 0.781. The molecule has 1 amide bonds. The standard InChI is InChI=1S/C18H21NO3/c1-2-3-13-19-18(20)22-17-11-9-16(10-12-17)21-14-15-7-5-4-6-8-15/h4-12H,2-3,13-14H2,1H3,(H,19,20). The second-order valence-electron chi connectivity index (χ2n) is 4.92. The molecule has 22 heavy (non-hydrogen) atoms. The van der Waals surface area contributed by atoms with Crippen molar-refractivity contribution in [2.45, 2.75) is 26.4 Å². The van der Waals surface area contributed by atoms with Crippen molar-refractivity contribution in [2.75, 3.05) is 6.54 Å². The number of unbranched alkanes of at least 4 members (excludes halogenated alkanes) is 1. The van der Waals surface area contributed by atoms with Crippen LogP contribution < -0.4 is 14.8 Å². The van der Waals surface area contributed by atoms with E-state index in [0.717, 1.165) is 24.2 Å². The van der Waals surface area contributed by atoms with Gasteiger partial charge in [-0.05, 0) is 36.2 Å². The predicted molar refractivity (Wildman–Crippen MR) is 86.2 cm³/mol. The molecule has 0 aliphatic heterocycles. The van der Waals surface area contributed by atoms with Gasteiger partial charge in [0.1, 0.15) is 18.1 Å². The molecule has 1 N–H and O–H groups in total. The fourth-order valence-corrected chi connectivity index (χ4v) is 1.86. The van der Waals surface area contributed by atoms with E-state index in [1.807, 2.05) is 30.3 Å². The molecule has 4 heteroatoms. The van der Waals surface area contributed by atoms with Crippen molar-refractivity contribution in [1.82, 2.24) is 5.32 Å². The number of carbonyl (C=O) groups is 1. The lowest BCUT2D eigenvalue weighted by molar-refractivity contribution is 0.200. The maximum Gasteiger partial charge on any atom is 0.412 e. The topological polar surface area (TPSA) is 47.6 Å². The number of ether oxygens (including phenoxy) is 2. The van der Waals surface area contributed by atoms with Gasteiger partial charge in [0, 0.05) is 6.54 Å². The molecule has 0 spiro atoms. The highest BCUT2D eigenvalue weighted by molar-refractivity contribution is 5.70. The van der Waals surface area contributed by atoms with Crippen molar-refractivity contribution < 1.29 is 14.3 Å². The molecule has 0 aromatic heterocycles. The van der Waals surface area contributed by atoms with Crippen LogP contribution in [-0.4, -0.2) is 12.6 Å². The molecule has 0 aliphatic rings. The van der Waals surface area contributed by atoms with E-state index in [0.29, 0.717) is 18.9 Å². The molecular weight excluding hydrogens is 278 g/mol. The summed E-state index contributed by atoms with van der Waals surface area (Å²) in [5.74, 6) is 1.24. The van der Waals surface area contributed by atoms with E-state index in [1.165, 1.54) is 0 Å². The van der Waals surface area contributed by atoms with Crippen LogP contribution in [0.3, 0.4) is 0 Å². The maximum atomic E-state index is 11.5. The van der Waals surface area contributed by atoms with Gasteiger partial charge in [-0.25, -0.2) is 4.79 Å². The van der Waals surface area contributed by atoms with Gasteiger partial charge in [0.05, 0.1) is 0 Å². The summed E-state index contributed by atoms with van der Waals surface area (Å²) >= 11 is 0. The average Bonchev–Trinajstić information content (AvgIpc) is 2.55. The van der Waals surface area contributed by atoms with E-state index >= 15 is 0 Å². The van der Waals surface area contributed by atoms with Crippen LogP contribution in [0.15, 0.2) is 54.6 Å². The fraction of sp³-hybridized carbons (Fsp3) is 0.278. The highest BCUT2D eigenvalue weighted by Crippen LogP contribution is 2.18. The normalized spacial score (nSPS) is 10.0. The zero-order chi connectivity index (χ0) is 15.6. The van der Waals surface area contributed by atoms with Gasteiger partial charge in [-0.1, -0.05) is 43.7 Å². The summed E-state index contributed by atoms with van der Waals surface area (Å²) in [6, 6.07) is 17.0. The summed E-state index contributed by atoms with van der Waals surface area (Å²) in [6.45, 7) is 3.22. The van der Waals surface area contributed by atoms with Crippen molar-refractivity contribution in [3.8, 4) is 11.5 Å². The van der Waals surface area contributed by atoms with E-state index in [-0.39, 0.29) is 0 Å². The molecule has 0 unspecified atom stereocenters. The fourth-order valence-electron chi connectivity index (χ4n) is 1.86. The maximum absolute atomic E-state index is 11.5. The Bertz CT molecular complexity index is 567. The Balaban J connectivity index is 1.79. The molecular formula is C18H21NO3. The molecule has 0 fully saturated rings. The van der Waals surface area contributed by atoms with Gasteiger partial charge in [-0.3, -0.25) is 0 Å². The molecule has 0 atom stereocenters. The van der Waals surface area contributed by atoms with Crippen LogP contribution in [0.2, 0.25) is 0 Å². The van der Waals surface area contributed by atoms with Gasteiger partial charge in [0.25, 0.3) is 0 Å². The van der Waals surface area contributed by atoms with E-state index in [2.05, 4.69) is 12.2 Å². The van der Waals surface area contributed by atoms with Crippen LogP contribution in [0.1, 0.15) is 25.3 Å². The highest BCUT2D eigenvalue weighted by atomic mass is 16.6. The lowest BCUT2D eigenvalue weighted by atomic mass is 10.2. The van der Waals surface area contributed by atoms with Gasteiger partial charge < -0.3 is 14.8 Å². The van der Waals surface area contributed by atoms with Gasteiger partial charge >= 0.3 is 6.09 Å². The number of benzene rings is 2. The first-order chi connectivity index (χ1) is 10.8. The SMILES string of the molecule is CCCCNC(=O)Oc1ccc(OCc2ccccc2)cc1. The monoisotopic (exact) mass is 299 g/mol. The first-order valence-electron chi connectivity index (χ1n) is 7.50. The first-order valence-corrected chi connectivity index (χ1v) is 7.50. The van der Waals surface area contributed by atoms with E-state index in [9.17, 15) is 4.79 Å². The minimum atomic E-state index is -0.425. The van der Waals surface area contributed by atoms with Gasteiger partial charge in [0.2, 0.25) is 0 Å². The number of carbonyl (C=O) groups excluding carboxylic acids is 1. The molecule has 0 aliphatic carbocycles. The molecule has 116 valence electrons. The average molecular weight is 299 g/mol. The third-order valence-electron chi connectivity index (χ3n) is 3.08. The Morgan fingerprint density at radius 1 is 1.00 bits per heavy atom. The van der Waals surface area contributed by atoms with Crippen LogP contribution in [0.4, 0.5) is 4.79 Å². The van der Waals surface area contributed by atoms with Crippen LogP contribution in [0, 0.1) is 0 Å². The minimum absolute atomic E-state index is 0.425. The Morgan fingerprint density at radius 2 is 1.68 bits per heavy atom. The van der Waals surface area contributed by atoms with Crippen molar-refractivity contribution in [1.29, 1.82) is 0 Å². The number of nitrogens with one attached hydrogen (secondary N) is 1. The molecule has 2 aromatic carbocycles. The third-order valence-corrected chi connectivity index (χ3v) is 3.08. The molecule has 0 saturated carbocycles. The zero-order valence-electron chi connectivity index (χ0n) is 12.7. The Kier molecular flexibility index (Phi) is 6.30. The first kappa shape index (κ1) is 15.9. The zero-order valence-corrected chi connectivity index (χ0v) is 12.7. The van der Waals surface area contributed by atoms with Crippen LogP contribution in [0.25, 0.3) is 0 Å². The molecule has 2 rings (SSSR count). The van der Waals surface area contributed by atoms with Crippen molar-refractivity contribution in [3.63, 3.8) is 0 Å². The number of hydrogen-bond donors (Lipinski definition) is 1. The van der Waals surface area contributed by atoms with Crippen LogP contribution >= 0.6 is 0 Å². The highest BCUT2D eigenvalue weighted by Gasteiger charge is 2.03. The molecule has 2 aromatic rings. The Morgan fingerprint density at radius 3 is 2.36 bits per heavy atom. The van der Waals surface area contributed by atoms with E-state index < -0.39 is 6.09 Å². The number of amides is 1. The Labute approximate surface area is 131 Å². The van der Waals surface area contributed by atoms with E-state index in [4.69, 9.17) is 9.47 Å². The van der Waals surface area contributed by atoms with Gasteiger partial charge in [-0.15, -0.1) is 0 Å². The van der Waals surface area contributed by atoms with Crippen molar-refractivity contribution in [3.05, 3.63) is 60.2 Å². The molecule has 0 radical (unpaired) electrons. The number of hydrogen-bond acceptors (Lipinski definition) is 3. The summed E-state index contributed by atoms with van der Waals surface area (Å²) in [5.41, 5.74) is 1.11. The Hall–Kier alpha value is -2.49. The summed E-state index contributed by atoms with van der Waals surface area (Å²) in [7, 11) is 0. The van der Waals surface area contributed by atoms with Crippen LogP contribution in [-0.2, 0) is 6.61 Å². The van der Waals surface area contributed by atoms with Gasteiger partial charge in [-0.2, -0.15) is 0 Å². The molecule has 0 heterocycles. The predicted octanol–water partition coefficient (Wildman–Crippen LogP) is 4.15. The lowest BCUT2D eigenvalue weighted by Crippen LogP contribution is -2.27. The largest absolute Gasteiger partial charge is 0.489 e. The summed E-state index contributed by atoms with van der Waals surface area (Å²) in [4.78, 5) is 11.5. The molecule has 4 nitrogen and oxygen atoms in total. The lowest BCUT2D eigenvalue weighted by Gasteiger charge is -2.08. The summed E-state index contributed by atoms with van der Waals surface area (Å²) < 4.78 is 10.8. The second-order valence-corrected chi connectivity index (χ2v) is 4.92.